The summed E-state index contributed by atoms with van der Waals surface area (Å²) in [4.78, 5) is 44.3. The Morgan fingerprint density at radius 2 is 1.95 bits per heavy atom. The molecule has 3 N–H and O–H groups in total. The topological polar surface area (TPSA) is 142 Å². The summed E-state index contributed by atoms with van der Waals surface area (Å²) in [6.45, 7) is 8.25. The number of amides is 2. The highest BCUT2D eigenvalue weighted by Crippen LogP contribution is 2.25. The molecular weight excluding hydrogens is 490 g/mol. The van der Waals surface area contributed by atoms with Crippen molar-refractivity contribution in [1.29, 1.82) is 0 Å². The average Bonchev–Trinajstić information content (AvgIpc) is 3.52. The van der Waals surface area contributed by atoms with Crippen LogP contribution in [-0.4, -0.2) is 75.3 Å². The number of oxazole rings is 1. The zero-order chi connectivity index (χ0) is 27.8. The number of esters is 1. The molecule has 5 atom stereocenters. The molecule has 0 aromatic carbocycles. The molecular formula is C28H39N3O7. The van der Waals surface area contributed by atoms with Gasteiger partial charge in [-0.15, -0.1) is 0 Å². The van der Waals surface area contributed by atoms with Gasteiger partial charge in [0.05, 0.1) is 18.6 Å². The lowest BCUT2D eigenvalue weighted by Gasteiger charge is -2.29. The monoisotopic (exact) mass is 529 g/mol. The molecule has 0 radical (unpaired) electrons. The van der Waals surface area contributed by atoms with Gasteiger partial charge >= 0.3 is 5.97 Å². The lowest BCUT2D eigenvalue weighted by molar-refractivity contribution is -0.158. The quantitative estimate of drug-likeness (QED) is 0.471. The summed E-state index contributed by atoms with van der Waals surface area (Å²) in [7, 11) is 0. The average molecular weight is 530 g/mol. The Kier molecular flexibility index (Phi) is 10.4. The van der Waals surface area contributed by atoms with Gasteiger partial charge in [0.2, 0.25) is 5.91 Å². The van der Waals surface area contributed by atoms with E-state index in [1.54, 1.807) is 24.3 Å². The molecule has 2 bridgehead atoms. The smallest absolute Gasteiger partial charge is 0.329 e. The van der Waals surface area contributed by atoms with Crippen LogP contribution in [0.3, 0.4) is 0 Å². The van der Waals surface area contributed by atoms with Crippen molar-refractivity contribution in [2.75, 3.05) is 13.1 Å². The fraction of sp³-hybridized carbons (Fsp3) is 0.571. The zero-order valence-electron chi connectivity index (χ0n) is 22.5. The van der Waals surface area contributed by atoms with Crippen LogP contribution < -0.4 is 5.32 Å². The van der Waals surface area contributed by atoms with Crippen LogP contribution >= 0.6 is 0 Å². The summed E-state index contributed by atoms with van der Waals surface area (Å²) in [6.07, 6.45) is 8.37. The van der Waals surface area contributed by atoms with Gasteiger partial charge in [-0.1, -0.05) is 50.6 Å². The van der Waals surface area contributed by atoms with E-state index in [1.807, 2.05) is 27.7 Å². The minimum absolute atomic E-state index is 0.0146. The number of ether oxygens (including phenoxy) is 1. The summed E-state index contributed by atoms with van der Waals surface area (Å²) in [5, 5.41) is 23.5. The number of allylic oxidation sites excluding steroid dienone is 2. The normalized spacial score (nSPS) is 31.7. The van der Waals surface area contributed by atoms with Gasteiger partial charge in [-0.3, -0.25) is 9.59 Å². The predicted molar refractivity (Wildman–Crippen MR) is 140 cm³/mol. The second-order valence-corrected chi connectivity index (χ2v) is 10.4. The van der Waals surface area contributed by atoms with Crippen molar-refractivity contribution in [3.05, 3.63) is 53.8 Å². The molecule has 0 spiro atoms. The van der Waals surface area contributed by atoms with Crippen LogP contribution in [0.1, 0.15) is 63.3 Å². The minimum atomic E-state index is -0.947. The third kappa shape index (κ3) is 8.13. The number of nitrogens with zero attached hydrogens (tertiary/aromatic N) is 2. The fourth-order valence-electron chi connectivity index (χ4n) is 4.77. The highest BCUT2D eigenvalue weighted by molar-refractivity contribution is 5.95. The molecule has 2 amide bonds. The van der Waals surface area contributed by atoms with E-state index in [9.17, 15) is 24.6 Å². The maximum absolute atomic E-state index is 13.2. The maximum Gasteiger partial charge on any atom is 0.329 e. The number of rotatable bonds is 1. The number of fused-ring (bicyclic) bond motifs is 3. The first kappa shape index (κ1) is 29.3. The van der Waals surface area contributed by atoms with Gasteiger partial charge in [-0.2, -0.15) is 0 Å². The number of hydrogen-bond donors (Lipinski definition) is 3. The van der Waals surface area contributed by atoms with E-state index in [2.05, 4.69) is 10.3 Å². The lowest BCUT2D eigenvalue weighted by Crippen LogP contribution is -2.44. The van der Waals surface area contributed by atoms with Crippen molar-refractivity contribution in [2.24, 2.45) is 11.8 Å². The van der Waals surface area contributed by atoms with Gasteiger partial charge in [-0.05, 0) is 31.8 Å². The van der Waals surface area contributed by atoms with Gasteiger partial charge in [-0.25, -0.2) is 9.78 Å². The molecule has 1 aromatic rings. The number of aromatic nitrogens is 1. The minimum Gasteiger partial charge on any atom is -0.460 e. The lowest BCUT2D eigenvalue weighted by atomic mass is 9.94. The molecule has 38 heavy (non-hydrogen) atoms. The van der Waals surface area contributed by atoms with Crippen LogP contribution in [0.4, 0.5) is 0 Å². The number of carbonyl (C=O) groups is 3. The zero-order valence-corrected chi connectivity index (χ0v) is 22.5. The third-order valence-corrected chi connectivity index (χ3v) is 6.69. The first-order chi connectivity index (χ1) is 18.0. The van der Waals surface area contributed by atoms with Crippen LogP contribution in [0.25, 0.3) is 0 Å². The van der Waals surface area contributed by atoms with E-state index in [1.165, 1.54) is 17.2 Å². The van der Waals surface area contributed by atoms with Gasteiger partial charge in [0, 0.05) is 25.4 Å². The van der Waals surface area contributed by atoms with Gasteiger partial charge in [0.25, 0.3) is 5.91 Å². The Labute approximate surface area is 223 Å². The number of nitrogens with one attached hydrogen (secondary N) is 1. The Bertz CT molecular complexity index is 1070. The summed E-state index contributed by atoms with van der Waals surface area (Å²) >= 11 is 0. The van der Waals surface area contributed by atoms with Crippen molar-refractivity contribution in [3.8, 4) is 0 Å². The largest absolute Gasteiger partial charge is 0.460 e. The molecule has 0 saturated carbocycles. The summed E-state index contributed by atoms with van der Waals surface area (Å²) in [6, 6.07) is -0.743. The van der Waals surface area contributed by atoms with E-state index in [0.717, 1.165) is 5.57 Å². The summed E-state index contributed by atoms with van der Waals surface area (Å²) < 4.78 is 11.3. The molecule has 2 aliphatic heterocycles. The van der Waals surface area contributed by atoms with E-state index in [0.29, 0.717) is 25.9 Å². The molecule has 3 heterocycles. The van der Waals surface area contributed by atoms with E-state index in [-0.39, 0.29) is 42.2 Å². The molecule has 2 aliphatic rings. The molecule has 3 rings (SSSR count). The standard InChI is InChI=1S/C28H39N3O7/c1-17(2)26-19(4)9-10-24(34)29-11-5-7-18(3)13-20(32)14-21(33)15-25-30-22(16-37-25)27(35)31-12-6-8-23(31)28(36)38-26/h5,7,9-10,13,16-17,19-21,23,26,32-33H,6,8,11-12,14-15H2,1-4H3,(H,29,34)/b7-5-,10-9-,18-13-/t19-,20+,21-,23+,26-/m0/s1. The van der Waals surface area contributed by atoms with Crippen LogP contribution in [-0.2, 0) is 20.7 Å². The first-order valence-corrected chi connectivity index (χ1v) is 13.2. The number of aliphatic hydroxyl groups excluding tert-OH is 2. The van der Waals surface area contributed by atoms with Crippen LogP contribution in [0, 0.1) is 11.8 Å². The van der Waals surface area contributed by atoms with Crippen molar-refractivity contribution >= 4 is 17.8 Å². The van der Waals surface area contributed by atoms with Crippen LogP contribution in [0.5, 0.6) is 0 Å². The second-order valence-electron chi connectivity index (χ2n) is 10.4. The highest BCUT2D eigenvalue weighted by Gasteiger charge is 2.38. The SMILES string of the molecule is CC1=C/[C@@H](O)C[C@H](O)Cc2nc(co2)C(=O)N2CCC[C@@H]2C(=O)O[C@@H](C(C)C)[C@@H](C)/C=C\C(=O)NC/C=C\1. The Morgan fingerprint density at radius 1 is 1.18 bits per heavy atom. The number of hydrogen-bond acceptors (Lipinski definition) is 8. The van der Waals surface area contributed by atoms with Gasteiger partial charge in [0.1, 0.15) is 18.4 Å². The van der Waals surface area contributed by atoms with Gasteiger partial charge < -0.3 is 29.6 Å². The van der Waals surface area contributed by atoms with Crippen molar-refractivity contribution in [2.45, 2.75) is 77.7 Å². The van der Waals surface area contributed by atoms with Crippen molar-refractivity contribution in [3.63, 3.8) is 0 Å². The number of cyclic esters (lactones) is 1. The van der Waals surface area contributed by atoms with E-state index < -0.39 is 36.2 Å². The predicted octanol–water partition coefficient (Wildman–Crippen LogP) is 2.33. The molecule has 1 saturated heterocycles. The molecule has 0 aliphatic carbocycles. The molecule has 1 fully saturated rings. The third-order valence-electron chi connectivity index (χ3n) is 6.69. The highest BCUT2D eigenvalue weighted by atomic mass is 16.5. The first-order valence-electron chi connectivity index (χ1n) is 13.2. The fourth-order valence-corrected chi connectivity index (χ4v) is 4.77. The summed E-state index contributed by atoms with van der Waals surface area (Å²) in [5.41, 5.74) is 0.821. The molecule has 10 heteroatoms. The van der Waals surface area contributed by atoms with Crippen LogP contribution in [0.2, 0.25) is 0 Å². The molecule has 0 unspecified atom stereocenters. The molecule has 1 aromatic heterocycles. The summed E-state index contributed by atoms with van der Waals surface area (Å²) in [5.74, 6) is -1.29. The van der Waals surface area contributed by atoms with Crippen molar-refractivity contribution in [1.82, 2.24) is 15.2 Å². The maximum atomic E-state index is 13.2. The van der Waals surface area contributed by atoms with E-state index in [4.69, 9.17) is 9.15 Å². The Hall–Kier alpha value is -3.24. The Balaban J connectivity index is 1.85. The number of aliphatic hydroxyl groups is 2. The van der Waals surface area contributed by atoms with E-state index >= 15 is 0 Å². The second kappa shape index (κ2) is 13.5. The molecule has 208 valence electrons. The van der Waals surface area contributed by atoms with Gasteiger partial charge in [0.15, 0.2) is 11.6 Å². The van der Waals surface area contributed by atoms with Crippen LogP contribution in [0.15, 0.2) is 46.6 Å². The van der Waals surface area contributed by atoms with Crippen molar-refractivity contribution < 1.29 is 33.8 Å². The Morgan fingerprint density at radius 3 is 2.68 bits per heavy atom. The molecule has 10 nitrogen and oxygen atoms in total. The number of carbonyl (C=O) groups excluding carboxylic acids is 3.